The molecule has 0 spiro atoms. The second kappa shape index (κ2) is 6.00. The SMILES string of the molecule is CCn1c(=O)oc2cc(S(=O)(=O)N[C@@H](C)COC)ccc21. The largest absolute Gasteiger partial charge is 0.419 e. The Labute approximate surface area is 122 Å². The maximum Gasteiger partial charge on any atom is 0.419 e. The lowest BCUT2D eigenvalue weighted by atomic mass is 10.3. The fourth-order valence-electron chi connectivity index (χ4n) is 2.13. The van der Waals surface area contributed by atoms with E-state index in [1.54, 1.807) is 13.0 Å². The number of hydrogen-bond donors (Lipinski definition) is 1. The Kier molecular flexibility index (Phi) is 4.50. The van der Waals surface area contributed by atoms with Crippen molar-refractivity contribution in [2.45, 2.75) is 31.3 Å². The molecule has 1 aromatic heterocycles. The Morgan fingerprint density at radius 3 is 2.76 bits per heavy atom. The van der Waals surface area contributed by atoms with Gasteiger partial charge in [0.2, 0.25) is 10.0 Å². The van der Waals surface area contributed by atoms with E-state index >= 15 is 0 Å². The molecule has 21 heavy (non-hydrogen) atoms. The zero-order valence-electron chi connectivity index (χ0n) is 12.1. The van der Waals surface area contributed by atoms with Crippen LogP contribution in [0, 0.1) is 0 Å². The van der Waals surface area contributed by atoms with Crippen LogP contribution in [-0.2, 0) is 21.3 Å². The quantitative estimate of drug-likeness (QED) is 0.856. The highest BCUT2D eigenvalue weighted by Crippen LogP contribution is 2.18. The van der Waals surface area contributed by atoms with E-state index in [-0.39, 0.29) is 23.1 Å². The normalized spacial score (nSPS) is 13.7. The summed E-state index contributed by atoms with van der Waals surface area (Å²) in [7, 11) is -2.19. The summed E-state index contributed by atoms with van der Waals surface area (Å²) in [5.41, 5.74) is 0.829. The molecule has 0 aliphatic rings. The maximum absolute atomic E-state index is 12.2. The molecule has 0 saturated heterocycles. The Bertz CT molecular complexity index is 790. The van der Waals surface area contributed by atoms with Gasteiger partial charge in [-0.25, -0.2) is 17.9 Å². The fourth-order valence-corrected chi connectivity index (χ4v) is 3.37. The van der Waals surface area contributed by atoms with Crippen molar-refractivity contribution in [2.75, 3.05) is 13.7 Å². The Balaban J connectivity index is 2.41. The molecule has 1 aromatic carbocycles. The van der Waals surface area contributed by atoms with E-state index in [9.17, 15) is 13.2 Å². The minimum atomic E-state index is -3.68. The highest BCUT2D eigenvalue weighted by atomic mass is 32.2. The van der Waals surface area contributed by atoms with Gasteiger partial charge in [0.05, 0.1) is 17.0 Å². The Hall–Kier alpha value is -1.64. The summed E-state index contributed by atoms with van der Waals surface area (Å²) >= 11 is 0. The third-order valence-corrected chi connectivity index (χ3v) is 4.63. The number of ether oxygens (including phenoxy) is 1. The van der Waals surface area contributed by atoms with Gasteiger partial charge >= 0.3 is 5.76 Å². The van der Waals surface area contributed by atoms with Crippen LogP contribution in [0.1, 0.15) is 13.8 Å². The predicted octanol–water partition coefficient (Wildman–Crippen LogP) is 0.928. The Morgan fingerprint density at radius 1 is 1.43 bits per heavy atom. The molecule has 2 aromatic rings. The summed E-state index contributed by atoms with van der Waals surface area (Å²) in [6.07, 6.45) is 0. The number of aryl methyl sites for hydroxylation is 1. The van der Waals surface area contributed by atoms with Gasteiger partial charge in [-0.1, -0.05) is 0 Å². The molecule has 8 heteroatoms. The highest BCUT2D eigenvalue weighted by Gasteiger charge is 2.19. The van der Waals surface area contributed by atoms with Gasteiger partial charge < -0.3 is 9.15 Å². The predicted molar refractivity (Wildman–Crippen MR) is 77.8 cm³/mol. The first-order valence-corrected chi connectivity index (χ1v) is 8.02. The zero-order chi connectivity index (χ0) is 15.6. The van der Waals surface area contributed by atoms with Gasteiger partial charge in [0.1, 0.15) is 0 Å². The molecule has 0 aliphatic carbocycles. The molecule has 1 atom stereocenters. The number of oxazole rings is 1. The van der Waals surface area contributed by atoms with Crippen molar-refractivity contribution in [3.63, 3.8) is 0 Å². The van der Waals surface area contributed by atoms with Crippen LogP contribution in [0.5, 0.6) is 0 Å². The second-order valence-corrected chi connectivity index (χ2v) is 6.43. The van der Waals surface area contributed by atoms with Crippen LogP contribution >= 0.6 is 0 Å². The third kappa shape index (κ3) is 3.17. The van der Waals surface area contributed by atoms with Crippen molar-refractivity contribution < 1.29 is 17.6 Å². The van der Waals surface area contributed by atoms with Gasteiger partial charge in [-0.15, -0.1) is 0 Å². The van der Waals surface area contributed by atoms with Gasteiger partial charge in [0, 0.05) is 25.8 Å². The fraction of sp³-hybridized carbons (Fsp3) is 0.462. The van der Waals surface area contributed by atoms with Gasteiger partial charge in [-0.2, -0.15) is 0 Å². The first-order chi connectivity index (χ1) is 9.89. The van der Waals surface area contributed by atoms with E-state index < -0.39 is 15.8 Å². The van der Waals surface area contributed by atoms with Crippen LogP contribution < -0.4 is 10.5 Å². The van der Waals surface area contributed by atoms with Crippen molar-refractivity contribution in [2.24, 2.45) is 0 Å². The molecular weight excluding hydrogens is 296 g/mol. The van der Waals surface area contributed by atoms with Gasteiger partial charge in [-0.3, -0.25) is 4.57 Å². The van der Waals surface area contributed by atoms with Crippen LogP contribution in [0.15, 0.2) is 32.3 Å². The molecule has 1 heterocycles. The highest BCUT2D eigenvalue weighted by molar-refractivity contribution is 7.89. The van der Waals surface area contributed by atoms with Crippen molar-refractivity contribution in [3.05, 3.63) is 28.7 Å². The molecule has 7 nitrogen and oxygen atoms in total. The molecule has 0 bridgehead atoms. The average Bonchev–Trinajstić information content (AvgIpc) is 2.72. The minimum Gasteiger partial charge on any atom is -0.408 e. The zero-order valence-corrected chi connectivity index (χ0v) is 12.9. The van der Waals surface area contributed by atoms with Crippen molar-refractivity contribution >= 4 is 21.1 Å². The molecule has 0 fully saturated rings. The van der Waals surface area contributed by atoms with E-state index in [0.29, 0.717) is 12.1 Å². The molecule has 0 radical (unpaired) electrons. The number of fused-ring (bicyclic) bond motifs is 1. The third-order valence-electron chi connectivity index (χ3n) is 3.04. The average molecular weight is 314 g/mol. The minimum absolute atomic E-state index is 0.0509. The summed E-state index contributed by atoms with van der Waals surface area (Å²) in [6.45, 7) is 4.24. The smallest absolute Gasteiger partial charge is 0.408 e. The number of aromatic nitrogens is 1. The van der Waals surface area contributed by atoms with E-state index in [0.717, 1.165) is 0 Å². The number of methoxy groups -OCH3 is 1. The summed E-state index contributed by atoms with van der Waals surface area (Å²) in [4.78, 5) is 11.7. The van der Waals surface area contributed by atoms with Crippen LogP contribution in [0.3, 0.4) is 0 Å². The number of sulfonamides is 1. The molecule has 1 N–H and O–H groups in total. The van der Waals surface area contributed by atoms with Crippen LogP contribution in [0.4, 0.5) is 0 Å². The second-order valence-electron chi connectivity index (χ2n) is 4.72. The van der Waals surface area contributed by atoms with E-state index in [1.807, 2.05) is 6.92 Å². The lowest BCUT2D eigenvalue weighted by molar-refractivity contribution is 0.180. The summed E-state index contributed by atoms with van der Waals surface area (Å²) < 4.78 is 38.4. The first-order valence-electron chi connectivity index (χ1n) is 6.53. The molecular formula is C13H18N2O5S. The van der Waals surface area contributed by atoms with Crippen LogP contribution in [0.25, 0.3) is 11.1 Å². The maximum atomic E-state index is 12.2. The summed E-state index contributed by atoms with van der Waals surface area (Å²) in [6, 6.07) is 4.01. The van der Waals surface area contributed by atoms with Gasteiger partial charge in [0.25, 0.3) is 0 Å². The first kappa shape index (κ1) is 15.7. The number of nitrogens with one attached hydrogen (secondary N) is 1. The van der Waals surface area contributed by atoms with E-state index in [2.05, 4.69) is 4.72 Å². The molecule has 0 amide bonds. The summed E-state index contributed by atoms with van der Waals surface area (Å²) in [5.74, 6) is -0.497. The Morgan fingerprint density at radius 2 is 2.14 bits per heavy atom. The topological polar surface area (TPSA) is 90.5 Å². The molecule has 0 saturated carbocycles. The molecule has 116 valence electrons. The number of hydrogen-bond acceptors (Lipinski definition) is 5. The van der Waals surface area contributed by atoms with E-state index in [4.69, 9.17) is 9.15 Å². The number of rotatable bonds is 6. The molecule has 0 aliphatic heterocycles. The van der Waals surface area contributed by atoms with E-state index in [1.165, 1.54) is 23.8 Å². The van der Waals surface area contributed by atoms with Crippen molar-refractivity contribution in [3.8, 4) is 0 Å². The van der Waals surface area contributed by atoms with Crippen LogP contribution in [-0.4, -0.2) is 32.7 Å². The van der Waals surface area contributed by atoms with Gasteiger partial charge in [0.15, 0.2) is 5.58 Å². The van der Waals surface area contributed by atoms with Crippen LogP contribution in [0.2, 0.25) is 0 Å². The van der Waals surface area contributed by atoms with Gasteiger partial charge in [-0.05, 0) is 26.0 Å². The number of benzene rings is 1. The summed E-state index contributed by atoms with van der Waals surface area (Å²) in [5, 5.41) is 0. The number of nitrogens with zero attached hydrogens (tertiary/aromatic N) is 1. The van der Waals surface area contributed by atoms with Crippen molar-refractivity contribution in [1.29, 1.82) is 0 Å². The monoisotopic (exact) mass is 314 g/mol. The molecule has 2 rings (SSSR count). The lowest BCUT2D eigenvalue weighted by Crippen LogP contribution is -2.35. The molecule has 0 unspecified atom stereocenters. The lowest BCUT2D eigenvalue weighted by Gasteiger charge is -2.13. The standard InChI is InChI=1S/C13H18N2O5S/c1-4-15-11-6-5-10(7-12(11)20-13(15)16)21(17,18)14-9(2)8-19-3/h5-7,9,14H,4,8H2,1-3H3/t9-/m0/s1. The van der Waals surface area contributed by atoms with Crippen molar-refractivity contribution in [1.82, 2.24) is 9.29 Å².